The molecule has 3 saturated carbocycles. The minimum Gasteiger partial charge on any atom is -0.497 e. The largest absolute Gasteiger partial charge is 0.497 e. The quantitative estimate of drug-likeness (QED) is 0.796. The molecule has 2 N–H and O–H groups in total. The number of carbonyl (C=O) groups is 1. The Kier molecular flexibility index (Phi) is 3.58. The van der Waals surface area contributed by atoms with Crippen molar-refractivity contribution in [3.8, 4) is 5.75 Å². The second-order valence-electron chi connectivity index (χ2n) is 7.47. The van der Waals surface area contributed by atoms with Gasteiger partial charge in [0.25, 0.3) is 0 Å². The first-order valence-corrected chi connectivity index (χ1v) is 8.38. The van der Waals surface area contributed by atoms with E-state index in [1.165, 1.54) is 0 Å². The van der Waals surface area contributed by atoms with E-state index in [1.54, 1.807) is 7.11 Å². The number of rotatable bonds is 5. The third-order valence-corrected chi connectivity index (χ3v) is 5.62. The van der Waals surface area contributed by atoms with Crippen molar-refractivity contribution in [2.75, 3.05) is 13.7 Å². The number of aliphatic hydroxyl groups excluding tert-OH is 1. The molecule has 3 atom stereocenters. The summed E-state index contributed by atoms with van der Waals surface area (Å²) in [4.78, 5) is 12.4. The van der Waals surface area contributed by atoms with Gasteiger partial charge in [-0.25, -0.2) is 4.39 Å². The summed E-state index contributed by atoms with van der Waals surface area (Å²) >= 11 is 0. The van der Waals surface area contributed by atoms with Crippen molar-refractivity contribution in [1.29, 1.82) is 0 Å². The van der Waals surface area contributed by atoms with Gasteiger partial charge in [-0.3, -0.25) is 4.79 Å². The van der Waals surface area contributed by atoms with Gasteiger partial charge >= 0.3 is 5.97 Å². The number of methoxy groups -OCH3 is 1. The zero-order valence-corrected chi connectivity index (χ0v) is 13.6. The molecular formula is C18H22FNO4. The smallest absolute Gasteiger partial charge is 0.312 e. The van der Waals surface area contributed by atoms with E-state index in [2.05, 4.69) is 5.32 Å². The molecule has 4 fully saturated rings. The number of hydrogen-bond donors (Lipinski definition) is 2. The minimum atomic E-state index is -1.13. The third kappa shape index (κ3) is 2.48. The zero-order valence-electron chi connectivity index (χ0n) is 13.6. The monoisotopic (exact) mass is 335 g/mol. The van der Waals surface area contributed by atoms with Gasteiger partial charge in [0, 0.05) is 6.54 Å². The molecule has 1 aliphatic heterocycles. The average Bonchev–Trinajstić information content (AvgIpc) is 2.84. The highest BCUT2D eigenvalue weighted by Gasteiger charge is 2.74. The molecule has 5 nitrogen and oxygen atoms in total. The van der Waals surface area contributed by atoms with Crippen LogP contribution in [0, 0.1) is 5.41 Å². The summed E-state index contributed by atoms with van der Waals surface area (Å²) in [6.45, 7) is 0.388. The van der Waals surface area contributed by atoms with Crippen LogP contribution >= 0.6 is 0 Å². The number of alkyl halides is 1. The molecule has 0 unspecified atom stereocenters. The van der Waals surface area contributed by atoms with Crippen LogP contribution in [0.4, 0.5) is 4.39 Å². The van der Waals surface area contributed by atoms with Crippen LogP contribution in [0.25, 0.3) is 0 Å². The summed E-state index contributed by atoms with van der Waals surface area (Å²) in [6.07, 6.45) is 0.140. The standard InChI is InChI=1S/C18H22FNO4/c1-23-12-4-2-11(3-5-12)6-13-15(14(21)7-20-13)24-16(22)17-8-18(19,9-17)10-17/h2-5,13-15,20-21H,6-10H2,1H3/t13-,14+,15+,17?,18?/m1/s1. The first kappa shape index (κ1) is 15.8. The Labute approximate surface area is 140 Å². The fourth-order valence-electron chi connectivity index (χ4n) is 4.27. The van der Waals surface area contributed by atoms with Gasteiger partial charge in [-0.2, -0.15) is 0 Å². The molecule has 1 aromatic carbocycles. The lowest BCUT2D eigenvalue weighted by molar-refractivity contribution is -0.238. The van der Waals surface area contributed by atoms with Gasteiger partial charge in [0.1, 0.15) is 23.6 Å². The topological polar surface area (TPSA) is 67.8 Å². The maximum absolute atomic E-state index is 13.6. The van der Waals surface area contributed by atoms with E-state index in [4.69, 9.17) is 9.47 Å². The molecule has 0 amide bonds. The van der Waals surface area contributed by atoms with E-state index in [9.17, 15) is 14.3 Å². The molecule has 5 rings (SSSR count). The molecule has 0 aromatic heterocycles. The number of hydrogen-bond acceptors (Lipinski definition) is 5. The van der Waals surface area contributed by atoms with E-state index >= 15 is 0 Å². The Morgan fingerprint density at radius 2 is 2.00 bits per heavy atom. The van der Waals surface area contributed by atoms with Crippen molar-refractivity contribution in [1.82, 2.24) is 5.32 Å². The molecule has 0 spiro atoms. The molecule has 1 saturated heterocycles. The van der Waals surface area contributed by atoms with E-state index in [-0.39, 0.29) is 31.3 Å². The lowest BCUT2D eigenvalue weighted by Gasteiger charge is -2.63. The second-order valence-corrected chi connectivity index (χ2v) is 7.47. The van der Waals surface area contributed by atoms with Crippen LogP contribution in [-0.4, -0.2) is 48.6 Å². The lowest BCUT2D eigenvalue weighted by atomic mass is 9.42. The third-order valence-electron chi connectivity index (χ3n) is 5.62. The Morgan fingerprint density at radius 1 is 1.33 bits per heavy atom. The number of halogens is 1. The summed E-state index contributed by atoms with van der Waals surface area (Å²) in [5.74, 6) is 0.430. The zero-order chi connectivity index (χ0) is 16.9. The van der Waals surface area contributed by atoms with Crippen LogP contribution < -0.4 is 10.1 Å². The molecule has 4 aliphatic rings. The van der Waals surface area contributed by atoms with E-state index in [0.717, 1.165) is 11.3 Å². The molecule has 130 valence electrons. The second kappa shape index (κ2) is 5.43. The van der Waals surface area contributed by atoms with Gasteiger partial charge in [0.2, 0.25) is 0 Å². The highest BCUT2D eigenvalue weighted by molar-refractivity contribution is 5.82. The summed E-state index contributed by atoms with van der Waals surface area (Å²) < 4.78 is 24.4. The van der Waals surface area contributed by atoms with E-state index in [1.807, 2.05) is 24.3 Å². The van der Waals surface area contributed by atoms with Crippen LogP contribution in [0.15, 0.2) is 24.3 Å². The molecule has 2 bridgehead atoms. The molecule has 6 heteroatoms. The van der Waals surface area contributed by atoms with Crippen molar-refractivity contribution < 1.29 is 23.8 Å². The van der Waals surface area contributed by atoms with Crippen LogP contribution in [0.3, 0.4) is 0 Å². The van der Waals surface area contributed by atoms with Crippen LogP contribution in [0.5, 0.6) is 5.75 Å². The number of nitrogens with one attached hydrogen (secondary N) is 1. The summed E-state index contributed by atoms with van der Waals surface area (Å²) in [5.41, 5.74) is -0.688. The van der Waals surface area contributed by atoms with Gasteiger partial charge < -0.3 is 19.9 Å². The molecular weight excluding hydrogens is 313 g/mol. The van der Waals surface area contributed by atoms with Crippen LogP contribution in [0.1, 0.15) is 24.8 Å². The summed E-state index contributed by atoms with van der Waals surface area (Å²) in [7, 11) is 1.62. The molecule has 1 heterocycles. The predicted molar refractivity (Wildman–Crippen MR) is 84.5 cm³/mol. The minimum absolute atomic E-state index is 0.149. The van der Waals surface area contributed by atoms with Gasteiger partial charge in [-0.15, -0.1) is 0 Å². The summed E-state index contributed by atoms with van der Waals surface area (Å²) in [6, 6.07) is 7.52. The fraction of sp³-hybridized carbons (Fsp3) is 0.611. The molecule has 0 radical (unpaired) electrons. The van der Waals surface area contributed by atoms with Crippen LogP contribution in [-0.2, 0) is 16.0 Å². The van der Waals surface area contributed by atoms with Gasteiger partial charge in [-0.1, -0.05) is 12.1 Å². The molecule has 1 aromatic rings. The number of benzene rings is 1. The van der Waals surface area contributed by atoms with Crippen molar-refractivity contribution >= 4 is 5.97 Å². The number of esters is 1. The van der Waals surface area contributed by atoms with E-state index in [0.29, 0.717) is 13.0 Å². The van der Waals surface area contributed by atoms with Gasteiger partial charge in [-0.05, 0) is 43.4 Å². The normalized spacial score (nSPS) is 39.7. The predicted octanol–water partition coefficient (Wildman–Crippen LogP) is 1.37. The van der Waals surface area contributed by atoms with Crippen LogP contribution in [0.2, 0.25) is 0 Å². The maximum Gasteiger partial charge on any atom is 0.312 e. The Morgan fingerprint density at radius 3 is 2.58 bits per heavy atom. The molecule has 3 aliphatic carbocycles. The Bertz CT molecular complexity index is 627. The first-order chi connectivity index (χ1) is 11.4. The number of ether oxygens (including phenoxy) is 2. The van der Waals surface area contributed by atoms with E-state index < -0.39 is 23.3 Å². The SMILES string of the molecule is COc1ccc(C[C@H]2NC[C@H](O)[C@H]2OC(=O)C23CC(F)(C2)C3)cc1. The Balaban J connectivity index is 1.40. The highest BCUT2D eigenvalue weighted by atomic mass is 19.1. The fourth-order valence-corrected chi connectivity index (χ4v) is 4.27. The van der Waals surface area contributed by atoms with Crippen molar-refractivity contribution in [2.45, 2.75) is 49.6 Å². The van der Waals surface area contributed by atoms with Crippen molar-refractivity contribution in [3.63, 3.8) is 0 Å². The first-order valence-electron chi connectivity index (χ1n) is 8.38. The highest BCUT2D eigenvalue weighted by Crippen LogP contribution is 2.70. The van der Waals surface area contributed by atoms with Crippen molar-refractivity contribution in [2.24, 2.45) is 5.41 Å². The average molecular weight is 335 g/mol. The van der Waals surface area contributed by atoms with Gasteiger partial charge in [0.05, 0.1) is 18.6 Å². The summed E-state index contributed by atoms with van der Waals surface area (Å²) in [5, 5.41) is 13.4. The number of β-amino-alcohol motifs (C(OH)–C–C–N with tert-alkyl or cyclic N) is 1. The lowest BCUT2D eigenvalue weighted by Crippen LogP contribution is -2.68. The van der Waals surface area contributed by atoms with Crippen molar-refractivity contribution in [3.05, 3.63) is 29.8 Å². The number of aliphatic hydroxyl groups is 1. The Hall–Kier alpha value is -1.66. The number of carbonyl (C=O) groups excluding carboxylic acids is 1. The molecule has 24 heavy (non-hydrogen) atoms. The maximum atomic E-state index is 13.6. The van der Waals surface area contributed by atoms with Gasteiger partial charge in [0.15, 0.2) is 0 Å².